The molecule has 0 spiro atoms. The maximum Gasteiger partial charge on any atom is 0.243 e. The lowest BCUT2D eigenvalue weighted by Crippen LogP contribution is -2.54. The maximum absolute atomic E-state index is 12.9. The Balaban J connectivity index is 1.92. The lowest BCUT2D eigenvalue weighted by Gasteiger charge is -2.42. The number of benzene rings is 1. The Labute approximate surface area is 125 Å². The minimum Gasteiger partial charge on any atom is -0.392 e. The highest BCUT2D eigenvalue weighted by atomic mass is 32.2. The molecule has 6 heteroatoms. The van der Waals surface area contributed by atoms with E-state index in [2.05, 4.69) is 0 Å². The number of morpholine rings is 1. The van der Waals surface area contributed by atoms with Crippen LogP contribution in [0.15, 0.2) is 29.2 Å². The standard InChI is InChI=1S/C15H21NO4S/c17-11-12-4-3-5-13(10-12)21(18,19)16-8-9-20-15-7-2-1-6-14(15)16/h3-5,10,14-15,17H,1-2,6-9,11H2. The molecule has 21 heavy (non-hydrogen) atoms. The fraction of sp³-hybridized carbons (Fsp3) is 0.600. The Bertz CT molecular complexity index is 599. The summed E-state index contributed by atoms with van der Waals surface area (Å²) in [5.74, 6) is 0. The van der Waals surface area contributed by atoms with Crippen molar-refractivity contribution in [2.75, 3.05) is 13.2 Å². The van der Waals surface area contributed by atoms with Crippen LogP contribution in [0.5, 0.6) is 0 Å². The predicted molar refractivity (Wildman–Crippen MR) is 78.3 cm³/mol. The second kappa shape index (κ2) is 6.04. The molecule has 3 rings (SSSR count). The van der Waals surface area contributed by atoms with Gasteiger partial charge in [-0.1, -0.05) is 25.0 Å². The van der Waals surface area contributed by atoms with Crippen LogP contribution < -0.4 is 0 Å². The molecule has 5 nitrogen and oxygen atoms in total. The third kappa shape index (κ3) is 2.85. The number of hydrogen-bond acceptors (Lipinski definition) is 4. The number of ether oxygens (including phenoxy) is 1. The first kappa shape index (κ1) is 15.0. The van der Waals surface area contributed by atoms with Gasteiger partial charge in [0.2, 0.25) is 10.0 Å². The molecular formula is C15H21NO4S. The van der Waals surface area contributed by atoms with Crippen molar-refractivity contribution < 1.29 is 18.3 Å². The lowest BCUT2D eigenvalue weighted by molar-refractivity contribution is -0.0586. The average molecular weight is 311 g/mol. The second-order valence-corrected chi connectivity index (χ2v) is 7.57. The summed E-state index contributed by atoms with van der Waals surface area (Å²) in [7, 11) is -3.52. The summed E-state index contributed by atoms with van der Waals surface area (Å²) in [6.45, 7) is 0.714. The van der Waals surface area contributed by atoms with E-state index in [1.54, 1.807) is 28.6 Å². The molecule has 1 aromatic rings. The Hall–Kier alpha value is -0.950. The smallest absolute Gasteiger partial charge is 0.243 e. The normalized spacial score (nSPS) is 27.3. The highest BCUT2D eigenvalue weighted by Crippen LogP contribution is 2.32. The van der Waals surface area contributed by atoms with Gasteiger partial charge in [-0.25, -0.2) is 8.42 Å². The molecule has 1 aromatic carbocycles. The van der Waals surface area contributed by atoms with E-state index in [-0.39, 0.29) is 23.6 Å². The first-order valence-electron chi connectivity index (χ1n) is 7.46. The van der Waals surface area contributed by atoms with E-state index in [1.807, 2.05) is 0 Å². The summed E-state index contributed by atoms with van der Waals surface area (Å²) in [5, 5.41) is 9.20. The van der Waals surface area contributed by atoms with E-state index >= 15 is 0 Å². The molecule has 2 atom stereocenters. The van der Waals surface area contributed by atoms with Gasteiger partial charge in [-0.3, -0.25) is 0 Å². The van der Waals surface area contributed by atoms with Crippen molar-refractivity contribution in [2.24, 2.45) is 0 Å². The Morgan fingerprint density at radius 3 is 2.90 bits per heavy atom. The molecule has 0 aromatic heterocycles. The van der Waals surface area contributed by atoms with Crippen molar-refractivity contribution in [2.45, 2.75) is 49.3 Å². The quantitative estimate of drug-likeness (QED) is 0.919. The first-order valence-corrected chi connectivity index (χ1v) is 8.90. The largest absolute Gasteiger partial charge is 0.392 e. The van der Waals surface area contributed by atoms with Crippen LogP contribution in [0.1, 0.15) is 31.2 Å². The minimum atomic E-state index is -3.52. The van der Waals surface area contributed by atoms with Gasteiger partial charge in [-0.2, -0.15) is 4.31 Å². The van der Waals surface area contributed by atoms with Crippen molar-refractivity contribution in [1.82, 2.24) is 4.31 Å². The van der Waals surface area contributed by atoms with Gasteiger partial charge in [-0.15, -0.1) is 0 Å². The Kier molecular flexibility index (Phi) is 4.31. The summed E-state index contributed by atoms with van der Waals surface area (Å²) >= 11 is 0. The average Bonchev–Trinajstić information content (AvgIpc) is 2.54. The van der Waals surface area contributed by atoms with Crippen LogP contribution in [0.4, 0.5) is 0 Å². The van der Waals surface area contributed by atoms with E-state index in [0.717, 1.165) is 25.7 Å². The third-order valence-electron chi connectivity index (χ3n) is 4.37. The van der Waals surface area contributed by atoms with Gasteiger partial charge in [0.05, 0.1) is 30.3 Å². The Morgan fingerprint density at radius 1 is 1.29 bits per heavy atom. The molecule has 116 valence electrons. The fourth-order valence-corrected chi connectivity index (χ4v) is 5.03. The summed E-state index contributed by atoms with van der Waals surface area (Å²) in [4.78, 5) is 0.264. The monoisotopic (exact) mass is 311 g/mol. The number of aliphatic hydroxyl groups excluding tert-OH is 1. The molecule has 1 N–H and O–H groups in total. The van der Waals surface area contributed by atoms with Crippen LogP contribution in [0, 0.1) is 0 Å². The zero-order valence-corrected chi connectivity index (χ0v) is 12.8. The van der Waals surface area contributed by atoms with Crippen LogP contribution >= 0.6 is 0 Å². The number of sulfonamides is 1. The predicted octanol–water partition coefficient (Wildman–Crippen LogP) is 1.51. The number of fused-ring (bicyclic) bond motifs is 1. The highest BCUT2D eigenvalue weighted by molar-refractivity contribution is 7.89. The number of rotatable bonds is 3. The van der Waals surface area contributed by atoms with Crippen LogP contribution in [0.3, 0.4) is 0 Å². The highest BCUT2D eigenvalue weighted by Gasteiger charge is 2.40. The van der Waals surface area contributed by atoms with E-state index in [9.17, 15) is 13.5 Å². The number of nitrogens with zero attached hydrogens (tertiary/aromatic N) is 1. The van der Waals surface area contributed by atoms with Gasteiger partial charge in [0.25, 0.3) is 0 Å². The van der Waals surface area contributed by atoms with Gasteiger partial charge < -0.3 is 9.84 Å². The maximum atomic E-state index is 12.9. The van der Waals surface area contributed by atoms with Crippen molar-refractivity contribution >= 4 is 10.0 Å². The molecule has 1 aliphatic carbocycles. The molecule has 1 aliphatic heterocycles. The topological polar surface area (TPSA) is 66.8 Å². The first-order chi connectivity index (χ1) is 10.1. The number of hydrogen-bond donors (Lipinski definition) is 1. The van der Waals surface area contributed by atoms with E-state index in [1.165, 1.54) is 0 Å². The van der Waals surface area contributed by atoms with Crippen LogP contribution in [0.2, 0.25) is 0 Å². The van der Waals surface area contributed by atoms with Gasteiger partial charge in [0.1, 0.15) is 0 Å². The lowest BCUT2D eigenvalue weighted by atomic mass is 9.91. The van der Waals surface area contributed by atoms with Gasteiger partial charge >= 0.3 is 0 Å². The van der Waals surface area contributed by atoms with Crippen molar-refractivity contribution in [1.29, 1.82) is 0 Å². The molecule has 0 amide bonds. The molecule has 0 radical (unpaired) electrons. The van der Waals surface area contributed by atoms with Crippen LogP contribution in [-0.4, -0.2) is 43.1 Å². The van der Waals surface area contributed by atoms with Crippen molar-refractivity contribution in [3.63, 3.8) is 0 Å². The van der Waals surface area contributed by atoms with Crippen LogP contribution in [-0.2, 0) is 21.4 Å². The molecule has 2 aliphatic rings. The van der Waals surface area contributed by atoms with E-state index in [4.69, 9.17) is 4.74 Å². The molecule has 2 fully saturated rings. The van der Waals surface area contributed by atoms with Crippen molar-refractivity contribution in [3.8, 4) is 0 Å². The third-order valence-corrected chi connectivity index (χ3v) is 6.29. The summed E-state index contributed by atoms with van der Waals surface area (Å²) in [5.41, 5.74) is 0.615. The van der Waals surface area contributed by atoms with Gasteiger partial charge in [0.15, 0.2) is 0 Å². The van der Waals surface area contributed by atoms with E-state index in [0.29, 0.717) is 18.7 Å². The second-order valence-electron chi connectivity index (χ2n) is 5.68. The van der Waals surface area contributed by atoms with Gasteiger partial charge in [-0.05, 0) is 30.5 Å². The Morgan fingerprint density at radius 2 is 2.10 bits per heavy atom. The molecule has 1 saturated carbocycles. The number of aliphatic hydroxyl groups is 1. The minimum absolute atomic E-state index is 0.0308. The molecule has 0 bridgehead atoms. The zero-order valence-electron chi connectivity index (χ0n) is 11.9. The van der Waals surface area contributed by atoms with Gasteiger partial charge in [0, 0.05) is 6.54 Å². The molecular weight excluding hydrogens is 290 g/mol. The van der Waals surface area contributed by atoms with Crippen LogP contribution in [0.25, 0.3) is 0 Å². The fourth-order valence-electron chi connectivity index (χ4n) is 3.30. The van der Waals surface area contributed by atoms with Crippen molar-refractivity contribution in [3.05, 3.63) is 29.8 Å². The summed E-state index contributed by atoms with van der Waals surface area (Å²) < 4.78 is 33.1. The molecule has 1 heterocycles. The summed E-state index contributed by atoms with van der Waals surface area (Å²) in [6, 6.07) is 6.51. The van der Waals surface area contributed by atoms with E-state index < -0.39 is 10.0 Å². The molecule has 1 saturated heterocycles. The molecule has 2 unspecified atom stereocenters. The SMILES string of the molecule is O=S(=O)(c1cccc(CO)c1)N1CCOC2CCCCC21. The zero-order chi connectivity index (χ0) is 14.9. The summed E-state index contributed by atoms with van der Waals surface area (Å²) in [6.07, 6.45) is 3.99.